The monoisotopic (exact) mass is 419 g/mol. The summed E-state index contributed by atoms with van der Waals surface area (Å²) in [5, 5.41) is 9.92. The molecule has 2 N–H and O–H groups in total. The summed E-state index contributed by atoms with van der Waals surface area (Å²) < 4.78 is 5.18. The van der Waals surface area contributed by atoms with Crippen LogP contribution in [0.2, 0.25) is 0 Å². The zero-order chi connectivity index (χ0) is 21.4. The van der Waals surface area contributed by atoms with E-state index in [4.69, 9.17) is 4.42 Å². The molecule has 1 aromatic carbocycles. The third kappa shape index (κ3) is 3.70. The van der Waals surface area contributed by atoms with Crippen LogP contribution < -0.4 is 10.2 Å². The molecule has 0 spiro atoms. The Hall–Kier alpha value is -3.88. The lowest BCUT2D eigenvalue weighted by Crippen LogP contribution is -2.25. The van der Waals surface area contributed by atoms with Crippen molar-refractivity contribution in [2.24, 2.45) is 0 Å². The Kier molecular flexibility index (Phi) is 4.78. The normalized spacial score (nSPS) is 15.4. The Morgan fingerprint density at radius 2 is 2.00 bits per heavy atom. The highest BCUT2D eigenvalue weighted by atomic mass is 16.3. The van der Waals surface area contributed by atoms with Gasteiger partial charge in [0.25, 0.3) is 5.91 Å². The molecule has 1 saturated heterocycles. The van der Waals surface area contributed by atoms with Gasteiger partial charge < -0.3 is 19.5 Å². The number of H-pyrrole nitrogens is 1. The molecule has 0 aliphatic carbocycles. The molecule has 1 fully saturated rings. The fourth-order valence-electron chi connectivity index (χ4n) is 4.02. The molecule has 5 rings (SSSR count). The number of fused-ring (bicyclic) bond motifs is 1. The predicted molar refractivity (Wildman–Crippen MR) is 111 cm³/mol. The second-order valence-electron chi connectivity index (χ2n) is 7.71. The van der Waals surface area contributed by atoms with Gasteiger partial charge in [0.2, 0.25) is 11.8 Å². The van der Waals surface area contributed by atoms with Crippen LogP contribution in [0.15, 0.2) is 47.1 Å². The van der Waals surface area contributed by atoms with Crippen LogP contribution in [0.1, 0.15) is 40.2 Å². The lowest BCUT2D eigenvalue weighted by Gasteiger charge is -2.16. The molecule has 3 amide bonds. The van der Waals surface area contributed by atoms with Crippen molar-refractivity contribution >= 4 is 29.2 Å². The Bertz CT molecular complexity index is 1130. The van der Waals surface area contributed by atoms with Crippen LogP contribution in [0.3, 0.4) is 0 Å². The van der Waals surface area contributed by atoms with Crippen LogP contribution >= 0.6 is 0 Å². The van der Waals surface area contributed by atoms with E-state index in [2.05, 4.69) is 15.5 Å². The molecule has 31 heavy (non-hydrogen) atoms. The summed E-state index contributed by atoms with van der Waals surface area (Å²) in [6, 6.07) is 10.8. The van der Waals surface area contributed by atoms with E-state index in [1.54, 1.807) is 21.9 Å². The number of aromatic amines is 1. The minimum atomic E-state index is -0.205. The van der Waals surface area contributed by atoms with Crippen LogP contribution in [0.5, 0.6) is 0 Å². The number of nitrogens with zero attached hydrogens (tertiary/aromatic N) is 3. The molecule has 0 atom stereocenters. The second kappa shape index (κ2) is 7.75. The summed E-state index contributed by atoms with van der Waals surface area (Å²) in [6.45, 7) is 1.47. The molecule has 2 aliphatic heterocycles. The van der Waals surface area contributed by atoms with Gasteiger partial charge in [-0.15, -0.1) is 0 Å². The van der Waals surface area contributed by atoms with E-state index in [9.17, 15) is 14.4 Å². The molecule has 3 aromatic rings. The molecule has 0 bridgehead atoms. The smallest absolute Gasteiger partial charge is 0.290 e. The predicted octanol–water partition coefficient (Wildman–Crippen LogP) is 2.47. The fourth-order valence-corrected chi connectivity index (χ4v) is 4.02. The average Bonchev–Trinajstić information content (AvgIpc) is 3.54. The first-order valence-corrected chi connectivity index (χ1v) is 10.2. The van der Waals surface area contributed by atoms with Gasteiger partial charge in [0, 0.05) is 24.2 Å². The summed E-state index contributed by atoms with van der Waals surface area (Å²) in [6.07, 6.45) is 3.11. The standard InChI is InChI=1S/C22H21N5O4/c28-19(11-14-5-7-15(8-6-14)27-9-1-4-20(27)29)23-21-16-12-26(13-17(16)24-25-21)22(30)18-3-2-10-31-18/h2-3,5-8,10H,1,4,9,11-13H2,(H2,23,24,25,28). The number of hydrogen-bond acceptors (Lipinski definition) is 5. The van der Waals surface area contributed by atoms with Crippen molar-refractivity contribution in [2.45, 2.75) is 32.4 Å². The van der Waals surface area contributed by atoms with Gasteiger partial charge in [-0.25, -0.2) is 0 Å². The van der Waals surface area contributed by atoms with Crippen molar-refractivity contribution in [3.8, 4) is 0 Å². The minimum Gasteiger partial charge on any atom is -0.459 e. The summed E-state index contributed by atoms with van der Waals surface area (Å²) in [4.78, 5) is 40.3. The molecule has 2 aliphatic rings. The minimum absolute atomic E-state index is 0.137. The average molecular weight is 419 g/mol. The molecule has 4 heterocycles. The van der Waals surface area contributed by atoms with Crippen molar-refractivity contribution in [1.29, 1.82) is 0 Å². The van der Waals surface area contributed by atoms with Crippen molar-refractivity contribution in [2.75, 3.05) is 16.8 Å². The van der Waals surface area contributed by atoms with Gasteiger partial charge >= 0.3 is 0 Å². The van der Waals surface area contributed by atoms with Gasteiger partial charge in [-0.3, -0.25) is 19.5 Å². The van der Waals surface area contributed by atoms with Crippen LogP contribution in [0.25, 0.3) is 0 Å². The highest BCUT2D eigenvalue weighted by Crippen LogP contribution is 2.28. The Balaban J connectivity index is 1.21. The summed E-state index contributed by atoms with van der Waals surface area (Å²) in [5.74, 6) is 0.452. The first-order valence-electron chi connectivity index (χ1n) is 10.2. The van der Waals surface area contributed by atoms with Crippen molar-refractivity contribution in [3.63, 3.8) is 0 Å². The molecule has 0 saturated carbocycles. The number of furan rings is 1. The summed E-state index contributed by atoms with van der Waals surface area (Å²) in [7, 11) is 0. The summed E-state index contributed by atoms with van der Waals surface area (Å²) in [5.41, 5.74) is 3.30. The van der Waals surface area contributed by atoms with Gasteiger partial charge in [0.1, 0.15) is 0 Å². The lowest BCUT2D eigenvalue weighted by molar-refractivity contribution is -0.117. The Morgan fingerprint density at radius 3 is 2.71 bits per heavy atom. The second-order valence-corrected chi connectivity index (χ2v) is 7.71. The number of amides is 3. The van der Waals surface area contributed by atoms with E-state index in [0.29, 0.717) is 25.3 Å². The molecular weight excluding hydrogens is 398 g/mol. The van der Waals surface area contributed by atoms with E-state index in [-0.39, 0.29) is 29.9 Å². The number of carbonyl (C=O) groups is 3. The molecule has 2 aromatic heterocycles. The fraction of sp³-hybridized carbons (Fsp3) is 0.273. The molecule has 9 heteroatoms. The van der Waals surface area contributed by atoms with Crippen LogP contribution in [-0.4, -0.2) is 39.4 Å². The lowest BCUT2D eigenvalue weighted by atomic mass is 10.1. The van der Waals surface area contributed by atoms with E-state index >= 15 is 0 Å². The van der Waals surface area contributed by atoms with Gasteiger partial charge in [-0.2, -0.15) is 5.10 Å². The third-order valence-electron chi connectivity index (χ3n) is 5.61. The number of hydrogen-bond donors (Lipinski definition) is 2. The van der Waals surface area contributed by atoms with Crippen molar-refractivity contribution < 1.29 is 18.8 Å². The van der Waals surface area contributed by atoms with Crippen LogP contribution in [0, 0.1) is 0 Å². The topological polar surface area (TPSA) is 112 Å². The maximum Gasteiger partial charge on any atom is 0.290 e. The largest absolute Gasteiger partial charge is 0.459 e. The number of benzene rings is 1. The number of nitrogens with one attached hydrogen (secondary N) is 2. The van der Waals surface area contributed by atoms with Crippen LogP contribution in [0.4, 0.5) is 11.5 Å². The molecule has 9 nitrogen and oxygen atoms in total. The quantitative estimate of drug-likeness (QED) is 0.660. The van der Waals surface area contributed by atoms with Gasteiger partial charge in [0.15, 0.2) is 11.6 Å². The molecule has 158 valence electrons. The number of carbonyl (C=O) groups excluding carboxylic acids is 3. The van der Waals surface area contributed by atoms with Crippen LogP contribution in [-0.2, 0) is 29.1 Å². The first-order chi connectivity index (χ1) is 15.1. The van der Waals surface area contributed by atoms with E-state index in [0.717, 1.165) is 35.5 Å². The zero-order valence-electron chi connectivity index (χ0n) is 16.8. The van der Waals surface area contributed by atoms with Crippen molar-refractivity contribution in [1.82, 2.24) is 15.1 Å². The number of anilines is 2. The van der Waals surface area contributed by atoms with Crippen molar-refractivity contribution in [3.05, 3.63) is 65.2 Å². The van der Waals surface area contributed by atoms with Gasteiger partial charge in [-0.05, 0) is 36.2 Å². The number of aromatic nitrogens is 2. The molecular formula is C22H21N5O4. The highest BCUT2D eigenvalue weighted by molar-refractivity contribution is 5.96. The Labute approximate surface area is 178 Å². The maximum atomic E-state index is 12.5. The van der Waals surface area contributed by atoms with E-state index < -0.39 is 0 Å². The highest BCUT2D eigenvalue weighted by Gasteiger charge is 2.30. The van der Waals surface area contributed by atoms with Gasteiger partial charge in [-0.1, -0.05) is 12.1 Å². The molecule has 0 radical (unpaired) electrons. The first kappa shape index (κ1) is 19.1. The molecule has 0 unspecified atom stereocenters. The van der Waals surface area contributed by atoms with E-state index in [1.165, 1.54) is 6.26 Å². The number of rotatable bonds is 5. The Morgan fingerprint density at radius 1 is 1.16 bits per heavy atom. The van der Waals surface area contributed by atoms with E-state index in [1.807, 2.05) is 24.3 Å². The maximum absolute atomic E-state index is 12.5. The zero-order valence-corrected chi connectivity index (χ0v) is 16.8. The SMILES string of the molecule is O=C(Cc1ccc(N2CCCC2=O)cc1)Nc1n[nH]c2c1CN(C(=O)c1ccco1)C2. The third-order valence-corrected chi connectivity index (χ3v) is 5.61. The van der Waals surface area contributed by atoms with Gasteiger partial charge in [0.05, 0.1) is 31.5 Å². The summed E-state index contributed by atoms with van der Waals surface area (Å²) >= 11 is 0.